The molecule has 1 N–H and O–H groups in total. The SMILES string of the molecule is COc1ccc(N2CCN(Cc3c(O)ccc4c3O/C(=C\c3cccc(C)c3)C4=O)CC2)cc1. The maximum Gasteiger partial charge on any atom is 0.231 e. The lowest BCUT2D eigenvalue weighted by molar-refractivity contribution is 0.101. The molecular weight excluding hydrogens is 428 g/mol. The van der Waals surface area contributed by atoms with Crippen LogP contribution in [0.5, 0.6) is 17.2 Å². The van der Waals surface area contributed by atoms with E-state index in [2.05, 4.69) is 21.9 Å². The second-order valence-electron chi connectivity index (χ2n) is 8.76. The van der Waals surface area contributed by atoms with Gasteiger partial charge in [-0.05, 0) is 55.0 Å². The van der Waals surface area contributed by atoms with Crippen molar-refractivity contribution in [2.24, 2.45) is 0 Å². The van der Waals surface area contributed by atoms with E-state index in [1.807, 2.05) is 43.3 Å². The number of aryl methyl sites for hydroxylation is 1. The van der Waals surface area contributed by atoms with Gasteiger partial charge in [0.05, 0.1) is 18.2 Å². The van der Waals surface area contributed by atoms with Crippen LogP contribution < -0.4 is 14.4 Å². The molecule has 0 aliphatic carbocycles. The molecule has 1 fully saturated rings. The lowest BCUT2D eigenvalue weighted by Crippen LogP contribution is -2.46. The normalized spacial score (nSPS) is 17.1. The highest BCUT2D eigenvalue weighted by molar-refractivity contribution is 6.15. The van der Waals surface area contributed by atoms with Crippen molar-refractivity contribution in [3.8, 4) is 17.2 Å². The van der Waals surface area contributed by atoms with Crippen LogP contribution in [-0.2, 0) is 6.54 Å². The average Bonchev–Trinajstić information content (AvgIpc) is 3.16. The number of fused-ring (bicyclic) bond motifs is 1. The van der Waals surface area contributed by atoms with Crippen LogP contribution in [0.1, 0.15) is 27.0 Å². The summed E-state index contributed by atoms with van der Waals surface area (Å²) in [5.41, 5.74) is 4.37. The second-order valence-corrected chi connectivity index (χ2v) is 8.76. The van der Waals surface area contributed by atoms with Crippen LogP contribution in [0.25, 0.3) is 6.08 Å². The Labute approximate surface area is 199 Å². The molecule has 1 saturated heterocycles. The number of piperazine rings is 1. The van der Waals surface area contributed by atoms with Gasteiger partial charge in [-0.25, -0.2) is 0 Å². The van der Waals surface area contributed by atoms with E-state index in [-0.39, 0.29) is 17.3 Å². The molecular formula is C28H28N2O4. The minimum absolute atomic E-state index is 0.151. The minimum Gasteiger partial charge on any atom is -0.507 e. The largest absolute Gasteiger partial charge is 0.507 e. The van der Waals surface area contributed by atoms with Gasteiger partial charge in [0.1, 0.15) is 17.2 Å². The molecule has 3 aromatic carbocycles. The van der Waals surface area contributed by atoms with Gasteiger partial charge in [-0.2, -0.15) is 0 Å². The Hall–Kier alpha value is -3.77. The first-order chi connectivity index (χ1) is 16.5. The predicted octanol–water partition coefficient (Wildman–Crippen LogP) is 4.65. The Bertz CT molecular complexity index is 1240. The highest BCUT2D eigenvalue weighted by atomic mass is 16.5. The fourth-order valence-electron chi connectivity index (χ4n) is 4.54. The molecule has 0 aromatic heterocycles. The number of ketones is 1. The molecule has 0 atom stereocenters. The number of anilines is 1. The van der Waals surface area contributed by atoms with Crippen molar-refractivity contribution < 1.29 is 19.4 Å². The van der Waals surface area contributed by atoms with Crippen LogP contribution in [0.4, 0.5) is 5.69 Å². The van der Waals surface area contributed by atoms with Crippen molar-refractivity contribution in [3.05, 3.63) is 88.7 Å². The standard InChI is InChI=1S/C28H28N2O4/c1-19-4-3-5-20(16-19)17-26-27(32)23-10-11-25(31)24(28(23)34-26)18-29-12-14-30(15-13-29)21-6-8-22(33-2)9-7-21/h3-11,16-17,31H,12-15,18H2,1-2H3/b26-17-. The Morgan fingerprint density at radius 3 is 2.50 bits per heavy atom. The maximum atomic E-state index is 13.0. The molecule has 2 heterocycles. The average molecular weight is 457 g/mol. The summed E-state index contributed by atoms with van der Waals surface area (Å²) in [5.74, 6) is 1.61. The third-order valence-corrected chi connectivity index (χ3v) is 6.45. The number of allylic oxidation sites excluding steroid dienone is 1. The zero-order chi connectivity index (χ0) is 23.7. The number of nitrogens with zero attached hydrogens (tertiary/aromatic N) is 2. The van der Waals surface area contributed by atoms with Crippen molar-refractivity contribution in [2.45, 2.75) is 13.5 Å². The van der Waals surface area contributed by atoms with E-state index in [9.17, 15) is 9.90 Å². The molecule has 2 aliphatic heterocycles. The van der Waals surface area contributed by atoms with E-state index in [1.54, 1.807) is 25.3 Å². The summed E-state index contributed by atoms with van der Waals surface area (Å²) in [6.45, 7) is 5.97. The highest BCUT2D eigenvalue weighted by Gasteiger charge is 2.32. The number of rotatable bonds is 5. The van der Waals surface area contributed by atoms with Gasteiger partial charge in [-0.15, -0.1) is 0 Å². The molecule has 0 bridgehead atoms. The number of benzene rings is 3. The van der Waals surface area contributed by atoms with Gasteiger partial charge >= 0.3 is 0 Å². The first-order valence-corrected chi connectivity index (χ1v) is 11.5. The molecule has 0 radical (unpaired) electrons. The summed E-state index contributed by atoms with van der Waals surface area (Å²) in [6.07, 6.45) is 1.77. The first kappa shape index (κ1) is 22.0. The van der Waals surface area contributed by atoms with Crippen LogP contribution in [0.3, 0.4) is 0 Å². The van der Waals surface area contributed by atoms with Crippen LogP contribution >= 0.6 is 0 Å². The van der Waals surface area contributed by atoms with Crippen LogP contribution in [0, 0.1) is 6.92 Å². The fraction of sp³-hybridized carbons (Fsp3) is 0.250. The molecule has 2 aliphatic rings. The number of carbonyl (C=O) groups is 1. The van der Waals surface area contributed by atoms with Crippen LogP contribution in [-0.4, -0.2) is 49.1 Å². The number of Topliss-reactive ketones (excluding diaryl/α,β-unsaturated/α-hetero) is 1. The Morgan fingerprint density at radius 1 is 1.03 bits per heavy atom. The number of aromatic hydroxyl groups is 1. The molecule has 174 valence electrons. The summed E-state index contributed by atoms with van der Waals surface area (Å²) < 4.78 is 11.3. The number of phenols is 1. The van der Waals surface area contributed by atoms with E-state index in [4.69, 9.17) is 9.47 Å². The van der Waals surface area contributed by atoms with Gasteiger partial charge in [0.2, 0.25) is 5.78 Å². The summed E-state index contributed by atoms with van der Waals surface area (Å²) in [6, 6.07) is 19.3. The third-order valence-electron chi connectivity index (χ3n) is 6.45. The van der Waals surface area contributed by atoms with Crippen molar-refractivity contribution in [3.63, 3.8) is 0 Å². The Morgan fingerprint density at radius 2 is 1.79 bits per heavy atom. The molecule has 0 amide bonds. The zero-order valence-electron chi connectivity index (χ0n) is 19.5. The molecule has 0 spiro atoms. The smallest absolute Gasteiger partial charge is 0.231 e. The fourth-order valence-corrected chi connectivity index (χ4v) is 4.54. The van der Waals surface area contributed by atoms with Crippen molar-refractivity contribution in [1.82, 2.24) is 4.90 Å². The first-order valence-electron chi connectivity index (χ1n) is 11.5. The van der Waals surface area contributed by atoms with Crippen LogP contribution in [0.15, 0.2) is 66.4 Å². The molecule has 3 aromatic rings. The van der Waals surface area contributed by atoms with Gasteiger partial charge in [-0.1, -0.05) is 29.8 Å². The lowest BCUT2D eigenvalue weighted by Gasteiger charge is -2.36. The summed E-state index contributed by atoms with van der Waals surface area (Å²) >= 11 is 0. The predicted molar refractivity (Wildman–Crippen MR) is 133 cm³/mol. The number of methoxy groups -OCH3 is 1. The number of hydrogen-bond acceptors (Lipinski definition) is 6. The van der Waals surface area contributed by atoms with Gasteiger partial charge in [0.15, 0.2) is 5.76 Å². The van der Waals surface area contributed by atoms with Gasteiger partial charge in [0, 0.05) is 38.4 Å². The molecule has 6 heteroatoms. The number of phenolic OH excluding ortho intramolecular Hbond substituents is 1. The molecule has 0 saturated carbocycles. The molecule has 0 unspecified atom stereocenters. The monoisotopic (exact) mass is 456 g/mol. The summed E-state index contributed by atoms with van der Waals surface area (Å²) in [7, 11) is 1.67. The van der Waals surface area contributed by atoms with Crippen LogP contribution in [0.2, 0.25) is 0 Å². The zero-order valence-corrected chi connectivity index (χ0v) is 19.5. The number of carbonyl (C=O) groups excluding carboxylic acids is 1. The molecule has 34 heavy (non-hydrogen) atoms. The quantitative estimate of drug-likeness (QED) is 0.564. The summed E-state index contributed by atoms with van der Waals surface area (Å²) in [5, 5.41) is 10.6. The van der Waals surface area contributed by atoms with Gasteiger partial charge in [-0.3, -0.25) is 9.69 Å². The molecule has 6 nitrogen and oxygen atoms in total. The molecule has 5 rings (SSSR count). The Balaban J connectivity index is 1.30. The number of hydrogen-bond donors (Lipinski definition) is 1. The topological polar surface area (TPSA) is 62.2 Å². The maximum absolute atomic E-state index is 13.0. The van der Waals surface area contributed by atoms with Gasteiger partial charge in [0.25, 0.3) is 0 Å². The van der Waals surface area contributed by atoms with Crippen molar-refractivity contribution in [2.75, 3.05) is 38.2 Å². The van der Waals surface area contributed by atoms with E-state index >= 15 is 0 Å². The van der Waals surface area contributed by atoms with Crippen molar-refractivity contribution in [1.29, 1.82) is 0 Å². The van der Waals surface area contributed by atoms with E-state index < -0.39 is 0 Å². The minimum atomic E-state index is -0.151. The number of ether oxygens (including phenoxy) is 2. The Kier molecular flexibility index (Phi) is 5.99. The van der Waals surface area contributed by atoms with E-state index in [1.165, 1.54) is 5.69 Å². The van der Waals surface area contributed by atoms with Gasteiger partial charge < -0.3 is 19.5 Å². The lowest BCUT2D eigenvalue weighted by atomic mass is 10.0. The highest BCUT2D eigenvalue weighted by Crippen LogP contribution is 2.40. The van der Waals surface area contributed by atoms with Crippen molar-refractivity contribution >= 4 is 17.5 Å². The third kappa shape index (κ3) is 4.37. The van der Waals surface area contributed by atoms with E-state index in [0.717, 1.165) is 43.1 Å². The van der Waals surface area contributed by atoms with E-state index in [0.29, 0.717) is 23.4 Å². The summed E-state index contributed by atoms with van der Waals surface area (Å²) in [4.78, 5) is 17.6. The second kappa shape index (κ2) is 9.23.